The predicted molar refractivity (Wildman–Crippen MR) is 75.1 cm³/mol. The van der Waals surface area contributed by atoms with Crippen molar-refractivity contribution in [2.75, 3.05) is 32.8 Å². The lowest BCUT2D eigenvalue weighted by Gasteiger charge is -2.47. The average Bonchev–Trinajstić information content (AvgIpc) is 2.36. The molecule has 1 aliphatic rings. The van der Waals surface area contributed by atoms with Crippen LogP contribution in [-0.2, 0) is 9.53 Å². The van der Waals surface area contributed by atoms with Crippen molar-refractivity contribution in [3.05, 3.63) is 29.8 Å². The van der Waals surface area contributed by atoms with Crippen LogP contribution in [0.3, 0.4) is 0 Å². The number of para-hydroxylation sites is 1. The summed E-state index contributed by atoms with van der Waals surface area (Å²) < 4.78 is 11.1. The Morgan fingerprint density at radius 2 is 2.10 bits per heavy atom. The third kappa shape index (κ3) is 3.95. The number of carbonyl (C=O) groups is 1. The van der Waals surface area contributed by atoms with Crippen LogP contribution in [0, 0.1) is 6.92 Å². The van der Waals surface area contributed by atoms with Crippen molar-refractivity contribution < 1.29 is 19.4 Å². The summed E-state index contributed by atoms with van der Waals surface area (Å²) in [4.78, 5) is 12.7. The molecule has 1 aromatic carbocycles. The SMILES string of the molecule is Cc1ccccc1OCCN1CC(C)(OCC(=O)O)C1. The maximum Gasteiger partial charge on any atom is 0.329 e. The molecule has 0 aromatic heterocycles. The van der Waals surface area contributed by atoms with Crippen LogP contribution in [-0.4, -0.2) is 54.4 Å². The monoisotopic (exact) mass is 279 g/mol. The quantitative estimate of drug-likeness (QED) is 0.820. The number of benzene rings is 1. The number of carboxylic acids is 1. The van der Waals surface area contributed by atoms with Crippen molar-refractivity contribution in [3.8, 4) is 5.75 Å². The van der Waals surface area contributed by atoms with Crippen LogP contribution in [0.15, 0.2) is 24.3 Å². The molecule has 0 atom stereocenters. The van der Waals surface area contributed by atoms with E-state index in [4.69, 9.17) is 14.6 Å². The lowest BCUT2D eigenvalue weighted by atomic mass is 9.96. The van der Waals surface area contributed by atoms with Gasteiger partial charge in [0.25, 0.3) is 0 Å². The standard InChI is InChI=1S/C15H21NO4/c1-12-5-3-4-6-13(12)19-8-7-16-10-15(2,11-16)20-9-14(17)18/h3-6H,7-11H2,1-2H3,(H,17,18). The zero-order valence-electron chi connectivity index (χ0n) is 12.0. The Kier molecular flexibility index (Phi) is 4.62. The Balaban J connectivity index is 1.65. The number of hydrogen-bond donors (Lipinski definition) is 1. The molecule has 0 aliphatic carbocycles. The van der Waals surface area contributed by atoms with Crippen LogP contribution in [0.4, 0.5) is 0 Å². The van der Waals surface area contributed by atoms with Crippen LogP contribution < -0.4 is 4.74 Å². The number of nitrogens with zero attached hydrogens (tertiary/aromatic N) is 1. The molecule has 5 nitrogen and oxygen atoms in total. The Morgan fingerprint density at radius 1 is 1.40 bits per heavy atom. The van der Waals surface area contributed by atoms with E-state index in [1.54, 1.807) is 0 Å². The van der Waals surface area contributed by atoms with Gasteiger partial charge in [-0.3, -0.25) is 4.90 Å². The number of rotatable bonds is 7. The van der Waals surface area contributed by atoms with E-state index in [1.165, 1.54) is 0 Å². The van der Waals surface area contributed by atoms with Gasteiger partial charge in [-0.1, -0.05) is 18.2 Å². The topological polar surface area (TPSA) is 59.0 Å². The van der Waals surface area contributed by atoms with Crippen molar-refractivity contribution in [1.29, 1.82) is 0 Å². The minimum atomic E-state index is -0.924. The Bertz CT molecular complexity index is 469. The van der Waals surface area contributed by atoms with Crippen molar-refractivity contribution in [2.45, 2.75) is 19.4 Å². The largest absolute Gasteiger partial charge is 0.492 e. The van der Waals surface area contributed by atoms with E-state index in [9.17, 15) is 4.79 Å². The van der Waals surface area contributed by atoms with Gasteiger partial charge in [0.05, 0.1) is 5.60 Å². The lowest BCUT2D eigenvalue weighted by molar-refractivity contribution is -0.165. The van der Waals surface area contributed by atoms with Gasteiger partial charge in [0.2, 0.25) is 0 Å². The van der Waals surface area contributed by atoms with Crippen LogP contribution in [0.2, 0.25) is 0 Å². The molecule has 0 radical (unpaired) electrons. The third-order valence-electron chi connectivity index (χ3n) is 3.42. The fourth-order valence-electron chi connectivity index (χ4n) is 2.39. The number of ether oxygens (including phenoxy) is 2. The maximum atomic E-state index is 10.5. The molecule has 1 fully saturated rings. The summed E-state index contributed by atoms with van der Waals surface area (Å²) in [5.74, 6) is -0.00882. The highest BCUT2D eigenvalue weighted by molar-refractivity contribution is 5.68. The van der Waals surface area contributed by atoms with Gasteiger partial charge in [0.15, 0.2) is 0 Å². The second-order valence-corrected chi connectivity index (χ2v) is 5.46. The van der Waals surface area contributed by atoms with Gasteiger partial charge < -0.3 is 14.6 Å². The van der Waals surface area contributed by atoms with Gasteiger partial charge in [-0.15, -0.1) is 0 Å². The van der Waals surface area contributed by atoms with Crippen molar-refractivity contribution in [1.82, 2.24) is 4.90 Å². The molecule has 1 saturated heterocycles. The first-order valence-corrected chi connectivity index (χ1v) is 6.75. The van der Waals surface area contributed by atoms with Gasteiger partial charge in [0, 0.05) is 19.6 Å². The van der Waals surface area contributed by atoms with Gasteiger partial charge in [-0.05, 0) is 25.5 Å². The molecule has 1 N–H and O–H groups in total. The van der Waals surface area contributed by atoms with Crippen molar-refractivity contribution in [2.24, 2.45) is 0 Å². The van der Waals surface area contributed by atoms with E-state index in [0.717, 1.165) is 30.9 Å². The predicted octanol–water partition coefficient (Wildman–Crippen LogP) is 1.55. The molecule has 1 aromatic rings. The summed E-state index contributed by atoms with van der Waals surface area (Å²) in [5, 5.41) is 8.60. The van der Waals surface area contributed by atoms with E-state index >= 15 is 0 Å². The van der Waals surface area contributed by atoms with E-state index in [1.807, 2.05) is 38.1 Å². The summed E-state index contributed by atoms with van der Waals surface area (Å²) >= 11 is 0. The van der Waals surface area contributed by atoms with Crippen molar-refractivity contribution in [3.63, 3.8) is 0 Å². The molecule has 1 heterocycles. The Labute approximate surface area is 119 Å². The number of hydrogen-bond acceptors (Lipinski definition) is 4. The molecule has 20 heavy (non-hydrogen) atoms. The fourth-order valence-corrected chi connectivity index (χ4v) is 2.39. The first-order valence-electron chi connectivity index (χ1n) is 6.75. The van der Waals surface area contributed by atoms with E-state index in [0.29, 0.717) is 6.61 Å². The van der Waals surface area contributed by atoms with E-state index in [2.05, 4.69) is 4.90 Å². The molecular weight excluding hydrogens is 258 g/mol. The Hall–Kier alpha value is -1.59. The molecule has 0 bridgehead atoms. The number of likely N-dealkylation sites (tertiary alicyclic amines) is 1. The average molecular weight is 279 g/mol. The van der Waals surface area contributed by atoms with Gasteiger partial charge in [-0.25, -0.2) is 4.79 Å². The smallest absolute Gasteiger partial charge is 0.329 e. The van der Waals surface area contributed by atoms with Gasteiger partial charge in [-0.2, -0.15) is 0 Å². The first-order chi connectivity index (χ1) is 9.48. The number of carboxylic acid groups (broad SMARTS) is 1. The van der Waals surface area contributed by atoms with E-state index < -0.39 is 5.97 Å². The summed E-state index contributed by atoms with van der Waals surface area (Å²) in [6.07, 6.45) is 0. The van der Waals surface area contributed by atoms with Crippen LogP contribution in [0.1, 0.15) is 12.5 Å². The second kappa shape index (κ2) is 6.24. The summed E-state index contributed by atoms with van der Waals surface area (Å²) in [5.41, 5.74) is 0.798. The zero-order chi connectivity index (χ0) is 14.6. The molecular formula is C15H21NO4. The highest BCUT2D eigenvalue weighted by atomic mass is 16.5. The van der Waals surface area contributed by atoms with Crippen LogP contribution in [0.25, 0.3) is 0 Å². The molecule has 110 valence electrons. The van der Waals surface area contributed by atoms with Crippen LogP contribution >= 0.6 is 0 Å². The second-order valence-electron chi connectivity index (χ2n) is 5.46. The molecule has 2 rings (SSSR count). The third-order valence-corrected chi connectivity index (χ3v) is 3.42. The van der Waals surface area contributed by atoms with Gasteiger partial charge >= 0.3 is 5.97 Å². The normalized spacial score (nSPS) is 17.5. The van der Waals surface area contributed by atoms with Crippen molar-refractivity contribution >= 4 is 5.97 Å². The number of aliphatic carboxylic acids is 1. The van der Waals surface area contributed by atoms with Crippen LogP contribution in [0.5, 0.6) is 5.75 Å². The molecule has 5 heteroatoms. The highest BCUT2D eigenvalue weighted by Gasteiger charge is 2.39. The molecule has 0 unspecified atom stereocenters. The zero-order valence-corrected chi connectivity index (χ0v) is 12.0. The van der Waals surface area contributed by atoms with Gasteiger partial charge in [0.1, 0.15) is 19.0 Å². The fraction of sp³-hybridized carbons (Fsp3) is 0.533. The summed E-state index contributed by atoms with van der Waals surface area (Å²) in [6, 6.07) is 7.94. The minimum absolute atomic E-state index is 0.232. The minimum Gasteiger partial charge on any atom is -0.492 e. The molecule has 1 aliphatic heterocycles. The molecule has 0 amide bonds. The first kappa shape index (κ1) is 14.8. The summed E-state index contributed by atoms with van der Waals surface area (Å²) in [7, 11) is 0. The molecule has 0 saturated carbocycles. The van der Waals surface area contributed by atoms with E-state index in [-0.39, 0.29) is 12.2 Å². The maximum absolute atomic E-state index is 10.5. The number of aryl methyl sites for hydroxylation is 1. The Morgan fingerprint density at radius 3 is 2.75 bits per heavy atom. The molecule has 0 spiro atoms. The highest BCUT2D eigenvalue weighted by Crippen LogP contribution is 2.24. The lowest BCUT2D eigenvalue weighted by Crippen LogP contribution is -2.62. The summed E-state index contributed by atoms with van der Waals surface area (Å²) in [6.45, 7) is 6.67.